The van der Waals surface area contributed by atoms with Gasteiger partial charge in [-0.25, -0.2) is 9.78 Å². The molecule has 0 fully saturated rings. The lowest BCUT2D eigenvalue weighted by Crippen LogP contribution is -2.31. The van der Waals surface area contributed by atoms with Gasteiger partial charge in [-0.2, -0.15) is 0 Å². The second-order valence-corrected chi connectivity index (χ2v) is 6.99. The Morgan fingerprint density at radius 2 is 1.81 bits per heavy atom. The van der Waals surface area contributed by atoms with Gasteiger partial charge in [0, 0.05) is 19.3 Å². The van der Waals surface area contributed by atoms with Gasteiger partial charge in [-0.3, -0.25) is 4.79 Å². The molecule has 26 heavy (non-hydrogen) atoms. The maximum atomic E-state index is 12.2. The number of rotatable bonds is 5. The third-order valence-electron chi connectivity index (χ3n) is 3.66. The summed E-state index contributed by atoms with van der Waals surface area (Å²) in [6, 6.07) is 6.83. The van der Waals surface area contributed by atoms with E-state index in [1.807, 2.05) is 0 Å². The highest BCUT2D eigenvalue weighted by Gasteiger charge is 2.19. The minimum absolute atomic E-state index is 0.0594. The Morgan fingerprint density at radius 3 is 2.42 bits per heavy atom. The summed E-state index contributed by atoms with van der Waals surface area (Å²) in [6.07, 6.45) is 0. The molecular weight excluding hydrogens is 399 g/mol. The number of benzene rings is 1. The number of pyridine rings is 1. The molecule has 0 radical (unpaired) electrons. The third-order valence-corrected chi connectivity index (χ3v) is 4.67. The number of aryl methyl sites for hydroxylation is 2. The molecule has 2 aromatic rings. The largest absolute Gasteiger partial charge is 0.452 e. The first-order valence-electron chi connectivity index (χ1n) is 7.67. The van der Waals surface area contributed by atoms with Crippen LogP contribution in [-0.4, -0.2) is 35.4 Å². The van der Waals surface area contributed by atoms with Gasteiger partial charge >= 0.3 is 5.97 Å². The smallest absolute Gasteiger partial charge is 0.342 e. The summed E-state index contributed by atoms with van der Waals surface area (Å²) in [5, 5.41) is 0.912. The van der Waals surface area contributed by atoms with E-state index in [9.17, 15) is 9.59 Å². The summed E-state index contributed by atoms with van der Waals surface area (Å²) in [5.74, 6) is -1.05. The minimum Gasteiger partial charge on any atom is -0.452 e. The summed E-state index contributed by atoms with van der Waals surface area (Å²) >= 11 is 17.8. The number of nitrogens with zero attached hydrogens (tertiary/aromatic N) is 2. The van der Waals surface area contributed by atoms with Crippen molar-refractivity contribution in [1.29, 1.82) is 0 Å². The zero-order valence-electron chi connectivity index (χ0n) is 14.5. The Bertz CT molecular complexity index is 833. The van der Waals surface area contributed by atoms with Crippen LogP contribution in [0.1, 0.15) is 27.2 Å². The number of carbonyl (C=O) groups excluding carboxylic acids is 2. The summed E-state index contributed by atoms with van der Waals surface area (Å²) in [5.41, 5.74) is 2.31. The lowest BCUT2D eigenvalue weighted by molar-refractivity contribution is -0.133. The molecule has 0 saturated heterocycles. The lowest BCUT2D eigenvalue weighted by Gasteiger charge is -2.18. The molecule has 1 aromatic carbocycles. The van der Waals surface area contributed by atoms with Crippen LogP contribution in [0.3, 0.4) is 0 Å². The van der Waals surface area contributed by atoms with E-state index in [1.165, 1.54) is 4.90 Å². The molecule has 2 rings (SSSR count). The van der Waals surface area contributed by atoms with Gasteiger partial charge in [0.15, 0.2) is 6.61 Å². The molecule has 0 N–H and O–H groups in total. The highest BCUT2D eigenvalue weighted by Crippen LogP contribution is 2.23. The Balaban J connectivity index is 1.97. The van der Waals surface area contributed by atoms with Crippen LogP contribution in [0.4, 0.5) is 0 Å². The van der Waals surface area contributed by atoms with Crippen molar-refractivity contribution in [3.63, 3.8) is 0 Å². The second kappa shape index (κ2) is 8.71. The van der Waals surface area contributed by atoms with E-state index in [4.69, 9.17) is 39.5 Å². The number of carbonyl (C=O) groups is 2. The predicted octanol–water partition coefficient (Wildman–Crippen LogP) is 4.47. The van der Waals surface area contributed by atoms with Gasteiger partial charge in [0.1, 0.15) is 5.15 Å². The first-order chi connectivity index (χ1) is 12.2. The van der Waals surface area contributed by atoms with E-state index >= 15 is 0 Å². The fraction of sp³-hybridized carbons (Fsp3) is 0.278. The van der Waals surface area contributed by atoms with Crippen molar-refractivity contribution in [3.05, 3.63) is 61.8 Å². The molecule has 0 unspecified atom stereocenters. The second-order valence-electron chi connectivity index (χ2n) is 5.82. The van der Waals surface area contributed by atoms with Crippen LogP contribution < -0.4 is 0 Å². The van der Waals surface area contributed by atoms with Crippen LogP contribution in [0.15, 0.2) is 24.3 Å². The number of halogens is 3. The molecule has 1 aromatic heterocycles. The van der Waals surface area contributed by atoms with Crippen molar-refractivity contribution in [2.75, 3.05) is 13.7 Å². The van der Waals surface area contributed by atoms with Crippen LogP contribution in [-0.2, 0) is 16.1 Å². The topological polar surface area (TPSA) is 59.5 Å². The average Bonchev–Trinajstić information content (AvgIpc) is 2.55. The molecule has 8 heteroatoms. The van der Waals surface area contributed by atoms with E-state index in [0.717, 1.165) is 5.56 Å². The van der Waals surface area contributed by atoms with Crippen molar-refractivity contribution < 1.29 is 14.3 Å². The fourth-order valence-corrected chi connectivity index (χ4v) is 3.03. The Labute approximate surface area is 166 Å². The average molecular weight is 416 g/mol. The maximum Gasteiger partial charge on any atom is 0.342 e. The quantitative estimate of drug-likeness (QED) is 0.534. The zero-order valence-corrected chi connectivity index (χ0v) is 16.7. The highest BCUT2D eigenvalue weighted by molar-refractivity contribution is 6.42. The highest BCUT2D eigenvalue weighted by atomic mass is 35.5. The van der Waals surface area contributed by atoms with Gasteiger partial charge in [-0.05, 0) is 43.2 Å². The molecule has 0 bridgehead atoms. The van der Waals surface area contributed by atoms with Gasteiger partial charge in [0.05, 0.1) is 15.6 Å². The summed E-state index contributed by atoms with van der Waals surface area (Å²) in [4.78, 5) is 29.9. The van der Waals surface area contributed by atoms with Crippen molar-refractivity contribution in [3.8, 4) is 0 Å². The monoisotopic (exact) mass is 414 g/mol. The van der Waals surface area contributed by atoms with Gasteiger partial charge in [-0.1, -0.05) is 40.9 Å². The molecule has 5 nitrogen and oxygen atoms in total. The van der Waals surface area contributed by atoms with Crippen LogP contribution in [0, 0.1) is 13.8 Å². The van der Waals surface area contributed by atoms with Gasteiger partial charge < -0.3 is 9.64 Å². The van der Waals surface area contributed by atoms with Crippen LogP contribution >= 0.6 is 34.8 Å². The Morgan fingerprint density at radius 1 is 1.12 bits per heavy atom. The van der Waals surface area contributed by atoms with Crippen molar-refractivity contribution in [1.82, 2.24) is 9.88 Å². The lowest BCUT2D eigenvalue weighted by atomic mass is 10.1. The number of amides is 1. The summed E-state index contributed by atoms with van der Waals surface area (Å²) < 4.78 is 5.09. The summed E-state index contributed by atoms with van der Waals surface area (Å²) in [7, 11) is 1.60. The number of esters is 1. The number of likely N-dealkylation sites (N-methyl/N-ethyl adjacent to an activating group) is 1. The number of aromatic nitrogens is 1. The Hall–Kier alpha value is -1.82. The predicted molar refractivity (Wildman–Crippen MR) is 102 cm³/mol. The van der Waals surface area contributed by atoms with E-state index in [2.05, 4.69) is 4.98 Å². The molecule has 138 valence electrons. The first-order valence-corrected chi connectivity index (χ1v) is 8.81. The van der Waals surface area contributed by atoms with E-state index < -0.39 is 12.6 Å². The molecule has 0 spiro atoms. The van der Waals surface area contributed by atoms with Gasteiger partial charge in [-0.15, -0.1) is 0 Å². The SMILES string of the molecule is Cc1cc(C)c(C(=O)OCC(=O)N(C)Cc2ccc(Cl)c(Cl)c2)c(Cl)n1. The zero-order chi connectivity index (χ0) is 19.4. The first kappa shape index (κ1) is 20.5. The fourth-order valence-electron chi connectivity index (χ4n) is 2.35. The van der Waals surface area contributed by atoms with Gasteiger partial charge in [0.2, 0.25) is 0 Å². The third kappa shape index (κ3) is 5.10. The van der Waals surface area contributed by atoms with E-state index in [0.29, 0.717) is 27.8 Å². The van der Waals surface area contributed by atoms with Crippen molar-refractivity contribution in [2.24, 2.45) is 0 Å². The standard InChI is InChI=1S/C18H17Cl3N2O3/c1-10-6-11(2)22-17(21)16(10)18(25)26-9-15(24)23(3)8-12-4-5-13(19)14(20)7-12/h4-7H,8-9H2,1-3H3. The molecule has 0 atom stereocenters. The molecular formula is C18H17Cl3N2O3. The van der Waals surface area contributed by atoms with E-state index in [1.54, 1.807) is 45.2 Å². The van der Waals surface area contributed by atoms with Gasteiger partial charge in [0.25, 0.3) is 5.91 Å². The molecule has 0 aliphatic rings. The number of ether oxygens (including phenoxy) is 1. The maximum absolute atomic E-state index is 12.2. The van der Waals surface area contributed by atoms with E-state index in [-0.39, 0.29) is 16.6 Å². The Kier molecular flexibility index (Phi) is 6.87. The number of hydrogen-bond donors (Lipinski definition) is 0. The van der Waals surface area contributed by atoms with Crippen molar-refractivity contribution in [2.45, 2.75) is 20.4 Å². The minimum atomic E-state index is -0.684. The summed E-state index contributed by atoms with van der Waals surface area (Å²) in [6.45, 7) is 3.41. The molecule has 1 amide bonds. The van der Waals surface area contributed by atoms with Crippen LogP contribution in [0.25, 0.3) is 0 Å². The van der Waals surface area contributed by atoms with Crippen LogP contribution in [0.5, 0.6) is 0 Å². The number of hydrogen-bond acceptors (Lipinski definition) is 4. The molecule has 1 heterocycles. The normalized spacial score (nSPS) is 10.5. The molecule has 0 saturated carbocycles. The molecule has 0 aliphatic carbocycles. The molecule has 0 aliphatic heterocycles. The van der Waals surface area contributed by atoms with Crippen molar-refractivity contribution >= 4 is 46.7 Å². The van der Waals surface area contributed by atoms with Crippen LogP contribution in [0.2, 0.25) is 15.2 Å².